The first-order valence-electron chi connectivity index (χ1n) is 5.67. The van der Waals surface area contributed by atoms with Crippen molar-refractivity contribution in [3.63, 3.8) is 0 Å². The van der Waals surface area contributed by atoms with E-state index in [4.69, 9.17) is 11.6 Å². The number of carbonyl (C=O) groups excluding carboxylic acids is 1. The number of rotatable bonds is 3. The number of carbonyl (C=O) groups is 1. The highest BCUT2D eigenvalue weighted by Crippen LogP contribution is 2.15. The van der Waals surface area contributed by atoms with Gasteiger partial charge in [0.05, 0.1) is 0 Å². The Kier molecular flexibility index (Phi) is 3.67. The van der Waals surface area contributed by atoms with Crippen LogP contribution in [0.5, 0.6) is 0 Å². The van der Waals surface area contributed by atoms with E-state index in [1.165, 1.54) is 0 Å². The number of pyridine rings is 1. The molecule has 1 amide bonds. The molecule has 0 bridgehead atoms. The van der Waals surface area contributed by atoms with E-state index in [1.807, 2.05) is 30.7 Å². The Bertz CT molecular complexity index is 563. The Hall–Kier alpha value is -1.81. The summed E-state index contributed by atoms with van der Waals surface area (Å²) < 4.78 is 1.90. The fourth-order valence-electron chi connectivity index (χ4n) is 1.69. The van der Waals surface area contributed by atoms with Crippen LogP contribution in [0.2, 0.25) is 5.02 Å². The molecule has 4 nitrogen and oxygen atoms in total. The highest BCUT2D eigenvalue weighted by Gasteiger charge is 2.13. The van der Waals surface area contributed by atoms with Gasteiger partial charge in [-0.3, -0.25) is 4.79 Å². The van der Waals surface area contributed by atoms with Crippen molar-refractivity contribution in [2.45, 2.75) is 19.9 Å². The summed E-state index contributed by atoms with van der Waals surface area (Å²) in [6.07, 6.45) is 3.43. The fourth-order valence-corrected chi connectivity index (χ4v) is 1.85. The number of hydrogen-bond acceptors (Lipinski definition) is 2. The number of nitrogens with one attached hydrogen (secondary N) is 1. The van der Waals surface area contributed by atoms with Crippen molar-refractivity contribution in [2.24, 2.45) is 0 Å². The highest BCUT2D eigenvalue weighted by molar-refractivity contribution is 6.30. The number of anilines is 1. The zero-order valence-corrected chi connectivity index (χ0v) is 11.0. The normalized spacial score (nSPS) is 10.7. The summed E-state index contributed by atoms with van der Waals surface area (Å²) in [5.41, 5.74) is 0.603. The smallest absolute Gasteiger partial charge is 0.273 e. The van der Waals surface area contributed by atoms with Crippen LogP contribution in [0, 0.1) is 0 Å². The van der Waals surface area contributed by atoms with Crippen LogP contribution in [0.3, 0.4) is 0 Å². The van der Waals surface area contributed by atoms with Crippen LogP contribution in [0.1, 0.15) is 30.4 Å². The van der Waals surface area contributed by atoms with Gasteiger partial charge < -0.3 is 9.88 Å². The topological polar surface area (TPSA) is 46.9 Å². The minimum Gasteiger partial charge on any atom is -0.341 e. The van der Waals surface area contributed by atoms with E-state index in [2.05, 4.69) is 10.3 Å². The Morgan fingerprint density at radius 2 is 2.22 bits per heavy atom. The van der Waals surface area contributed by atoms with Crippen LogP contribution in [-0.4, -0.2) is 15.5 Å². The molecule has 2 aromatic rings. The van der Waals surface area contributed by atoms with Crippen molar-refractivity contribution in [3.05, 3.63) is 47.4 Å². The SMILES string of the molecule is CC(C)n1cccc1C(=O)Nc1cc(Cl)ccn1. The Morgan fingerprint density at radius 1 is 1.44 bits per heavy atom. The van der Waals surface area contributed by atoms with Crippen molar-refractivity contribution in [1.29, 1.82) is 0 Å². The van der Waals surface area contributed by atoms with Gasteiger partial charge in [0, 0.05) is 23.5 Å². The Labute approximate surface area is 111 Å². The first kappa shape index (κ1) is 12.6. The predicted octanol–water partition coefficient (Wildman–Crippen LogP) is 3.37. The number of nitrogens with zero attached hydrogens (tertiary/aromatic N) is 2. The number of amides is 1. The van der Waals surface area contributed by atoms with Gasteiger partial charge in [-0.1, -0.05) is 11.6 Å². The predicted molar refractivity (Wildman–Crippen MR) is 72.0 cm³/mol. The lowest BCUT2D eigenvalue weighted by molar-refractivity contribution is 0.101. The van der Waals surface area contributed by atoms with Gasteiger partial charge in [-0.05, 0) is 38.1 Å². The van der Waals surface area contributed by atoms with Gasteiger partial charge >= 0.3 is 0 Å². The summed E-state index contributed by atoms with van der Waals surface area (Å²) in [6.45, 7) is 4.04. The molecule has 0 atom stereocenters. The lowest BCUT2D eigenvalue weighted by Crippen LogP contribution is -2.18. The van der Waals surface area contributed by atoms with Crippen LogP contribution in [0.15, 0.2) is 36.7 Å². The second kappa shape index (κ2) is 5.23. The standard InChI is InChI=1S/C13H14ClN3O/c1-9(2)17-7-3-4-11(17)13(18)16-12-8-10(14)5-6-15-12/h3-9H,1-2H3,(H,15,16,18). The average molecular weight is 264 g/mol. The number of aromatic nitrogens is 2. The van der Waals surface area contributed by atoms with Crippen molar-refractivity contribution in [3.8, 4) is 0 Å². The minimum atomic E-state index is -0.191. The van der Waals surface area contributed by atoms with Crippen LogP contribution in [0.25, 0.3) is 0 Å². The molecule has 2 rings (SSSR count). The van der Waals surface area contributed by atoms with Crippen LogP contribution >= 0.6 is 11.6 Å². The van der Waals surface area contributed by atoms with E-state index in [0.717, 1.165) is 0 Å². The summed E-state index contributed by atoms with van der Waals surface area (Å²) in [4.78, 5) is 16.1. The molecule has 18 heavy (non-hydrogen) atoms. The Morgan fingerprint density at radius 3 is 2.89 bits per heavy atom. The van der Waals surface area contributed by atoms with E-state index < -0.39 is 0 Å². The fraction of sp³-hybridized carbons (Fsp3) is 0.231. The molecular weight excluding hydrogens is 250 g/mol. The molecule has 2 aromatic heterocycles. The molecule has 0 aliphatic rings. The second-order valence-electron chi connectivity index (χ2n) is 4.21. The van der Waals surface area contributed by atoms with E-state index in [9.17, 15) is 4.79 Å². The molecule has 0 fully saturated rings. The Balaban J connectivity index is 2.20. The van der Waals surface area contributed by atoms with Gasteiger partial charge in [-0.2, -0.15) is 0 Å². The van der Waals surface area contributed by atoms with Gasteiger partial charge in [-0.25, -0.2) is 4.98 Å². The maximum atomic E-state index is 12.1. The van der Waals surface area contributed by atoms with Gasteiger partial charge in [0.2, 0.25) is 0 Å². The average Bonchev–Trinajstić information content (AvgIpc) is 2.77. The van der Waals surface area contributed by atoms with Gasteiger partial charge in [0.25, 0.3) is 5.91 Å². The maximum absolute atomic E-state index is 12.1. The third-order valence-corrected chi connectivity index (χ3v) is 2.77. The first-order chi connectivity index (χ1) is 8.58. The summed E-state index contributed by atoms with van der Waals surface area (Å²) in [5.74, 6) is 0.257. The van der Waals surface area contributed by atoms with E-state index >= 15 is 0 Å². The monoisotopic (exact) mass is 263 g/mol. The molecule has 0 unspecified atom stereocenters. The summed E-state index contributed by atoms with van der Waals surface area (Å²) in [7, 11) is 0. The van der Waals surface area contributed by atoms with Gasteiger partial charge in [0.15, 0.2) is 0 Å². The van der Waals surface area contributed by atoms with E-state index in [0.29, 0.717) is 16.5 Å². The minimum absolute atomic E-state index is 0.191. The van der Waals surface area contributed by atoms with Crippen LogP contribution < -0.4 is 5.32 Å². The first-order valence-corrected chi connectivity index (χ1v) is 6.05. The zero-order valence-electron chi connectivity index (χ0n) is 10.2. The van der Waals surface area contributed by atoms with Crippen LogP contribution in [-0.2, 0) is 0 Å². The molecule has 0 aliphatic carbocycles. The number of halogens is 1. The third kappa shape index (κ3) is 2.71. The molecule has 0 spiro atoms. The van der Waals surface area contributed by atoms with Crippen molar-refractivity contribution in [1.82, 2.24) is 9.55 Å². The highest BCUT2D eigenvalue weighted by atomic mass is 35.5. The van der Waals surface area contributed by atoms with Gasteiger partial charge in [0.1, 0.15) is 11.5 Å². The molecule has 0 saturated heterocycles. The molecule has 5 heteroatoms. The van der Waals surface area contributed by atoms with Crippen LogP contribution in [0.4, 0.5) is 5.82 Å². The van der Waals surface area contributed by atoms with E-state index in [1.54, 1.807) is 24.4 Å². The molecule has 1 N–H and O–H groups in total. The second-order valence-corrected chi connectivity index (χ2v) is 4.64. The molecular formula is C13H14ClN3O. The molecule has 2 heterocycles. The zero-order chi connectivity index (χ0) is 13.1. The molecule has 94 valence electrons. The van der Waals surface area contributed by atoms with E-state index in [-0.39, 0.29) is 11.9 Å². The van der Waals surface area contributed by atoms with Gasteiger partial charge in [-0.15, -0.1) is 0 Å². The molecule has 0 saturated carbocycles. The quantitative estimate of drug-likeness (QED) is 0.923. The largest absolute Gasteiger partial charge is 0.341 e. The lowest BCUT2D eigenvalue weighted by Gasteiger charge is -2.12. The summed E-state index contributed by atoms with van der Waals surface area (Å²) >= 11 is 5.84. The summed E-state index contributed by atoms with van der Waals surface area (Å²) in [5, 5.41) is 3.27. The molecule has 0 radical (unpaired) electrons. The third-order valence-electron chi connectivity index (χ3n) is 2.53. The van der Waals surface area contributed by atoms with Crippen molar-refractivity contribution in [2.75, 3.05) is 5.32 Å². The summed E-state index contributed by atoms with van der Waals surface area (Å²) in [6, 6.07) is 7.13. The maximum Gasteiger partial charge on any atom is 0.273 e. The lowest BCUT2D eigenvalue weighted by atomic mass is 10.3. The van der Waals surface area contributed by atoms with Crippen molar-refractivity contribution >= 4 is 23.3 Å². The van der Waals surface area contributed by atoms with Crippen molar-refractivity contribution < 1.29 is 4.79 Å². The number of hydrogen-bond donors (Lipinski definition) is 1. The molecule has 0 aliphatic heterocycles. The molecule has 0 aromatic carbocycles.